The van der Waals surface area contributed by atoms with Crippen LogP contribution < -0.4 is 29.6 Å². The molecule has 2 atom stereocenters. The molecule has 0 aromatic heterocycles. The van der Waals surface area contributed by atoms with Crippen molar-refractivity contribution in [3.8, 4) is 6.07 Å². The van der Waals surface area contributed by atoms with Gasteiger partial charge in [-0.25, -0.2) is 0 Å². The molecule has 0 rings (SSSR count). The molecule has 0 aromatic carbocycles. The first kappa shape index (κ1) is 12.3. The first-order valence-corrected chi connectivity index (χ1v) is 3.27. The van der Waals surface area contributed by atoms with Crippen LogP contribution in [0, 0.1) is 11.3 Å². The maximum Gasteiger partial charge on any atom is 1.00 e. The Kier molecular flexibility index (Phi) is 9.17. The van der Waals surface area contributed by atoms with Gasteiger partial charge >= 0.3 is 29.6 Å². The number of rotatable bonds is 2. The molecule has 3 nitrogen and oxygen atoms in total. The summed E-state index contributed by atoms with van der Waals surface area (Å²) >= 11 is -2.08. The number of nitriles is 1. The van der Waals surface area contributed by atoms with Crippen LogP contribution in [0.3, 0.4) is 0 Å². The largest absolute Gasteiger partial charge is 1.00 e. The predicted molar refractivity (Wildman–Crippen MR) is 28.6 cm³/mol. The Morgan fingerprint density at radius 3 is 2.44 bits per heavy atom. The van der Waals surface area contributed by atoms with Crippen LogP contribution in [0.5, 0.6) is 0 Å². The topological polar surface area (TPSA) is 63.9 Å². The minimum atomic E-state index is -2.08. The van der Waals surface area contributed by atoms with Gasteiger partial charge in [0, 0.05) is 11.7 Å². The molecule has 0 aliphatic heterocycles. The molecule has 0 saturated heterocycles. The Bertz CT molecular complexity index is 133. The van der Waals surface area contributed by atoms with Crippen LogP contribution in [0.4, 0.5) is 0 Å². The number of hydrogen-bond acceptors (Lipinski definition) is 3. The third-order valence-corrected chi connectivity index (χ3v) is 1.53. The summed E-state index contributed by atoms with van der Waals surface area (Å²) in [6.45, 7) is 1.49. The summed E-state index contributed by atoms with van der Waals surface area (Å²) in [5.74, 6) is 0. The van der Waals surface area contributed by atoms with Gasteiger partial charge in [0.2, 0.25) is 0 Å². The summed E-state index contributed by atoms with van der Waals surface area (Å²) in [6, 6.07) is 1.76. The minimum absolute atomic E-state index is 0. The summed E-state index contributed by atoms with van der Waals surface area (Å²) in [7, 11) is 0. The van der Waals surface area contributed by atoms with Crippen molar-refractivity contribution in [2.45, 2.75) is 18.6 Å². The van der Waals surface area contributed by atoms with Crippen LogP contribution >= 0.6 is 0 Å². The van der Waals surface area contributed by atoms with E-state index in [1.165, 1.54) is 6.92 Å². The molecule has 0 heterocycles. The molecular weight excluding hydrogens is 149 g/mol. The molecule has 9 heavy (non-hydrogen) atoms. The van der Waals surface area contributed by atoms with Gasteiger partial charge in [-0.1, -0.05) is 18.0 Å². The minimum Gasteiger partial charge on any atom is -0.772 e. The monoisotopic (exact) mass is 155 g/mol. The normalized spacial score (nSPS) is 14.8. The molecular formula is C4H6NNaO2S. The molecule has 0 spiro atoms. The van der Waals surface area contributed by atoms with Crippen LogP contribution in [0.15, 0.2) is 0 Å². The van der Waals surface area contributed by atoms with E-state index in [4.69, 9.17) is 5.26 Å². The van der Waals surface area contributed by atoms with Gasteiger partial charge in [0.05, 0.1) is 6.07 Å². The van der Waals surface area contributed by atoms with Crippen molar-refractivity contribution in [3.63, 3.8) is 0 Å². The predicted octanol–water partition coefficient (Wildman–Crippen LogP) is -2.83. The second kappa shape index (κ2) is 6.72. The smallest absolute Gasteiger partial charge is 0.772 e. The van der Waals surface area contributed by atoms with E-state index in [2.05, 4.69) is 0 Å². The Morgan fingerprint density at radius 2 is 2.33 bits per heavy atom. The van der Waals surface area contributed by atoms with Gasteiger partial charge in [-0.3, -0.25) is 4.21 Å². The standard InChI is InChI=1S/C4H7NO2S.Na/c1-4(2-3-5)8(6)7;/h4H,2H2,1H3,(H,6,7);/q;+1/p-1. The molecule has 0 aliphatic rings. The molecule has 0 fully saturated rings. The van der Waals surface area contributed by atoms with Crippen LogP contribution in [-0.2, 0) is 11.1 Å². The summed E-state index contributed by atoms with van der Waals surface area (Å²) < 4.78 is 19.9. The summed E-state index contributed by atoms with van der Waals surface area (Å²) in [4.78, 5) is 0. The second-order valence-electron chi connectivity index (χ2n) is 1.43. The van der Waals surface area contributed by atoms with Crippen LogP contribution in [0.2, 0.25) is 0 Å². The van der Waals surface area contributed by atoms with E-state index >= 15 is 0 Å². The average molecular weight is 155 g/mol. The maximum absolute atomic E-state index is 9.94. The molecule has 0 amide bonds. The van der Waals surface area contributed by atoms with Gasteiger partial charge in [-0.15, -0.1) is 0 Å². The molecule has 0 radical (unpaired) electrons. The SMILES string of the molecule is CC(CC#N)S(=O)[O-].[Na+]. The van der Waals surface area contributed by atoms with Gasteiger partial charge in [0.1, 0.15) is 0 Å². The average Bonchev–Trinajstić information content (AvgIpc) is 1.67. The van der Waals surface area contributed by atoms with E-state index in [-0.39, 0.29) is 36.0 Å². The Hall–Kier alpha value is 0.600. The van der Waals surface area contributed by atoms with Gasteiger partial charge in [-0.05, 0) is 0 Å². The van der Waals surface area contributed by atoms with Gasteiger partial charge in [0.25, 0.3) is 0 Å². The van der Waals surface area contributed by atoms with E-state index in [1.54, 1.807) is 6.07 Å². The zero-order chi connectivity index (χ0) is 6.57. The molecule has 0 N–H and O–H groups in total. The zero-order valence-corrected chi connectivity index (χ0v) is 8.27. The molecule has 2 unspecified atom stereocenters. The van der Waals surface area contributed by atoms with E-state index in [0.717, 1.165) is 0 Å². The Morgan fingerprint density at radius 1 is 1.89 bits per heavy atom. The summed E-state index contributed by atoms with van der Waals surface area (Å²) in [6.07, 6.45) is 0.0795. The van der Waals surface area contributed by atoms with Crippen LogP contribution in [-0.4, -0.2) is 14.0 Å². The molecule has 0 aromatic rings. The van der Waals surface area contributed by atoms with Crippen LogP contribution in [0.25, 0.3) is 0 Å². The van der Waals surface area contributed by atoms with Crippen molar-refractivity contribution < 1.29 is 38.3 Å². The van der Waals surface area contributed by atoms with Crippen molar-refractivity contribution in [1.82, 2.24) is 0 Å². The van der Waals surface area contributed by atoms with Crippen molar-refractivity contribution in [3.05, 3.63) is 0 Å². The van der Waals surface area contributed by atoms with Crippen molar-refractivity contribution in [2.75, 3.05) is 0 Å². The molecule has 0 saturated carbocycles. The Balaban J connectivity index is 0. The second-order valence-corrected chi connectivity index (χ2v) is 2.76. The Labute approximate surface area is 79.0 Å². The summed E-state index contributed by atoms with van der Waals surface area (Å²) in [5, 5.41) is 7.43. The first-order valence-electron chi connectivity index (χ1n) is 2.13. The number of nitrogens with zero attached hydrogens (tertiary/aromatic N) is 1. The third kappa shape index (κ3) is 6.49. The molecule has 46 valence electrons. The first-order chi connectivity index (χ1) is 3.68. The van der Waals surface area contributed by atoms with Crippen molar-refractivity contribution >= 4 is 11.1 Å². The maximum atomic E-state index is 9.94. The van der Waals surface area contributed by atoms with E-state index < -0.39 is 16.3 Å². The van der Waals surface area contributed by atoms with Crippen molar-refractivity contribution in [2.24, 2.45) is 0 Å². The van der Waals surface area contributed by atoms with Gasteiger partial charge in [0.15, 0.2) is 0 Å². The molecule has 0 bridgehead atoms. The fourth-order valence-corrected chi connectivity index (χ4v) is 0.407. The summed E-state index contributed by atoms with van der Waals surface area (Å²) in [5.41, 5.74) is 0. The van der Waals surface area contributed by atoms with Crippen molar-refractivity contribution in [1.29, 1.82) is 5.26 Å². The van der Waals surface area contributed by atoms with E-state index in [9.17, 15) is 8.76 Å². The van der Waals surface area contributed by atoms with Gasteiger partial charge < -0.3 is 4.55 Å². The fraction of sp³-hybridized carbons (Fsp3) is 0.750. The number of hydrogen-bond donors (Lipinski definition) is 0. The van der Waals surface area contributed by atoms with Gasteiger partial charge in [-0.2, -0.15) is 5.26 Å². The van der Waals surface area contributed by atoms with E-state index in [1.807, 2.05) is 0 Å². The quantitative estimate of drug-likeness (QED) is 0.319. The molecule has 0 aliphatic carbocycles. The third-order valence-electron chi connectivity index (χ3n) is 0.707. The fourth-order valence-electron chi connectivity index (χ4n) is 0.197. The zero-order valence-electron chi connectivity index (χ0n) is 5.46. The van der Waals surface area contributed by atoms with Crippen LogP contribution in [0.1, 0.15) is 13.3 Å². The molecule has 5 heteroatoms. The van der Waals surface area contributed by atoms with E-state index in [0.29, 0.717) is 0 Å².